The maximum Gasteiger partial charge on any atom is 0.0913 e. The Morgan fingerprint density at radius 3 is 3.29 bits per heavy atom. The SMILES string of the molecule is BrN1NCc2ncc3c(c21)CCNC3. The van der Waals surface area contributed by atoms with Crippen LogP contribution in [0.4, 0.5) is 5.69 Å². The molecule has 0 saturated carbocycles. The van der Waals surface area contributed by atoms with Gasteiger partial charge >= 0.3 is 0 Å². The average Bonchev–Trinajstić information content (AvgIpc) is 2.61. The molecule has 0 bridgehead atoms. The van der Waals surface area contributed by atoms with Crippen molar-refractivity contribution in [3.05, 3.63) is 23.0 Å². The summed E-state index contributed by atoms with van der Waals surface area (Å²) in [6, 6.07) is 0. The summed E-state index contributed by atoms with van der Waals surface area (Å²) in [5.74, 6) is 0. The molecule has 3 rings (SSSR count). The molecule has 0 aliphatic carbocycles. The predicted octanol–water partition coefficient (Wildman–Crippen LogP) is 0.862. The van der Waals surface area contributed by atoms with Crippen LogP contribution in [-0.2, 0) is 19.5 Å². The fourth-order valence-corrected chi connectivity index (χ4v) is 2.62. The van der Waals surface area contributed by atoms with Gasteiger partial charge in [0.25, 0.3) is 0 Å². The summed E-state index contributed by atoms with van der Waals surface area (Å²) in [7, 11) is 0. The fraction of sp³-hybridized carbons (Fsp3) is 0.444. The van der Waals surface area contributed by atoms with Crippen LogP contribution in [0.2, 0.25) is 0 Å². The molecule has 0 spiro atoms. The highest BCUT2D eigenvalue weighted by molar-refractivity contribution is 9.10. The molecule has 0 fully saturated rings. The van der Waals surface area contributed by atoms with E-state index in [-0.39, 0.29) is 0 Å². The van der Waals surface area contributed by atoms with Crippen LogP contribution in [0.15, 0.2) is 6.20 Å². The first-order chi connectivity index (χ1) is 6.86. The van der Waals surface area contributed by atoms with E-state index in [1.54, 1.807) is 0 Å². The number of nitrogens with one attached hydrogen (secondary N) is 2. The molecule has 4 nitrogen and oxygen atoms in total. The molecular formula is C9H11BrN4. The van der Waals surface area contributed by atoms with Gasteiger partial charge in [0.15, 0.2) is 0 Å². The molecule has 0 atom stereocenters. The molecule has 2 aliphatic rings. The Hall–Kier alpha value is -0.650. The zero-order valence-corrected chi connectivity index (χ0v) is 9.26. The van der Waals surface area contributed by atoms with Crippen molar-refractivity contribution in [3.8, 4) is 0 Å². The van der Waals surface area contributed by atoms with Crippen LogP contribution in [0.25, 0.3) is 0 Å². The van der Waals surface area contributed by atoms with Gasteiger partial charge in [0, 0.05) is 12.7 Å². The van der Waals surface area contributed by atoms with Gasteiger partial charge in [0.05, 0.1) is 34.1 Å². The molecule has 0 amide bonds. The number of pyridine rings is 1. The second kappa shape index (κ2) is 3.18. The first kappa shape index (κ1) is 8.64. The average molecular weight is 255 g/mol. The van der Waals surface area contributed by atoms with Crippen LogP contribution in [0, 0.1) is 0 Å². The Labute approximate surface area is 91.0 Å². The Morgan fingerprint density at radius 2 is 2.36 bits per heavy atom. The summed E-state index contributed by atoms with van der Waals surface area (Å²) in [5.41, 5.74) is 8.32. The van der Waals surface area contributed by atoms with E-state index in [9.17, 15) is 0 Å². The zero-order valence-electron chi connectivity index (χ0n) is 7.68. The predicted molar refractivity (Wildman–Crippen MR) is 57.9 cm³/mol. The summed E-state index contributed by atoms with van der Waals surface area (Å²) >= 11 is 3.48. The summed E-state index contributed by atoms with van der Waals surface area (Å²) in [5, 5.41) is 3.35. The number of hydrazine groups is 1. The normalized spacial score (nSPS) is 19.4. The number of fused-ring (bicyclic) bond motifs is 3. The number of nitrogens with zero attached hydrogens (tertiary/aromatic N) is 2. The first-order valence-electron chi connectivity index (χ1n) is 4.76. The van der Waals surface area contributed by atoms with Gasteiger partial charge in [-0.15, -0.1) is 0 Å². The number of aromatic nitrogens is 1. The van der Waals surface area contributed by atoms with E-state index in [1.165, 1.54) is 16.8 Å². The molecule has 0 saturated heterocycles. The molecule has 14 heavy (non-hydrogen) atoms. The van der Waals surface area contributed by atoms with E-state index in [0.717, 1.165) is 31.7 Å². The molecular weight excluding hydrogens is 244 g/mol. The fourth-order valence-electron chi connectivity index (χ4n) is 2.07. The minimum Gasteiger partial charge on any atom is -0.312 e. The lowest BCUT2D eigenvalue weighted by Crippen LogP contribution is -2.26. The largest absolute Gasteiger partial charge is 0.312 e. The van der Waals surface area contributed by atoms with Crippen molar-refractivity contribution >= 4 is 21.8 Å². The van der Waals surface area contributed by atoms with Crippen LogP contribution < -0.4 is 14.8 Å². The molecule has 2 aliphatic heterocycles. The Morgan fingerprint density at radius 1 is 1.43 bits per heavy atom. The maximum atomic E-state index is 4.45. The molecule has 2 N–H and O–H groups in total. The van der Waals surface area contributed by atoms with Crippen molar-refractivity contribution in [3.63, 3.8) is 0 Å². The quantitative estimate of drug-likeness (QED) is 0.675. The lowest BCUT2D eigenvalue weighted by atomic mass is 10.0. The molecule has 1 aromatic rings. The standard InChI is InChI=1S/C9H11BrN4/c10-14-9-7-1-2-11-3-6(7)4-12-8(9)5-13-14/h4,11,13H,1-3,5H2. The topological polar surface area (TPSA) is 40.2 Å². The van der Waals surface area contributed by atoms with Crippen LogP contribution >= 0.6 is 16.1 Å². The molecule has 1 aromatic heterocycles. The number of anilines is 1. The zero-order chi connectivity index (χ0) is 9.54. The van der Waals surface area contributed by atoms with Gasteiger partial charge in [-0.1, -0.05) is 0 Å². The van der Waals surface area contributed by atoms with Crippen molar-refractivity contribution in [1.82, 2.24) is 15.7 Å². The number of hydrogen-bond acceptors (Lipinski definition) is 4. The Kier molecular flexibility index (Phi) is 1.97. The Balaban J connectivity index is 2.18. The smallest absolute Gasteiger partial charge is 0.0913 e. The molecule has 0 aromatic carbocycles. The highest BCUT2D eigenvalue weighted by atomic mass is 79.9. The third kappa shape index (κ3) is 1.16. The summed E-state index contributed by atoms with van der Waals surface area (Å²) in [6.45, 7) is 2.82. The van der Waals surface area contributed by atoms with Gasteiger partial charge in [0.1, 0.15) is 0 Å². The van der Waals surface area contributed by atoms with Gasteiger partial charge in [-0.25, -0.2) is 9.46 Å². The van der Waals surface area contributed by atoms with E-state index >= 15 is 0 Å². The van der Waals surface area contributed by atoms with Crippen LogP contribution in [-0.4, -0.2) is 11.5 Å². The lowest BCUT2D eigenvalue weighted by Gasteiger charge is -2.21. The highest BCUT2D eigenvalue weighted by Crippen LogP contribution is 2.33. The summed E-state index contributed by atoms with van der Waals surface area (Å²) < 4.78 is 1.92. The van der Waals surface area contributed by atoms with Crippen LogP contribution in [0.3, 0.4) is 0 Å². The molecule has 5 heteroatoms. The molecule has 3 heterocycles. The van der Waals surface area contributed by atoms with Gasteiger partial charge in [-0.2, -0.15) is 0 Å². The van der Waals surface area contributed by atoms with Gasteiger partial charge in [-0.05, 0) is 24.1 Å². The van der Waals surface area contributed by atoms with E-state index in [1.807, 2.05) is 10.2 Å². The minimum absolute atomic E-state index is 0.821. The minimum atomic E-state index is 0.821. The van der Waals surface area contributed by atoms with E-state index in [0.29, 0.717) is 0 Å². The number of rotatable bonds is 0. The van der Waals surface area contributed by atoms with Crippen molar-refractivity contribution in [2.75, 3.05) is 10.6 Å². The number of hydrogen-bond donors (Lipinski definition) is 2. The van der Waals surface area contributed by atoms with E-state index in [2.05, 4.69) is 31.9 Å². The van der Waals surface area contributed by atoms with Gasteiger partial charge < -0.3 is 5.32 Å². The van der Waals surface area contributed by atoms with Crippen molar-refractivity contribution in [1.29, 1.82) is 0 Å². The second-order valence-corrected chi connectivity index (χ2v) is 4.31. The molecule has 0 unspecified atom stereocenters. The maximum absolute atomic E-state index is 4.45. The van der Waals surface area contributed by atoms with E-state index < -0.39 is 0 Å². The third-order valence-corrected chi connectivity index (χ3v) is 3.38. The lowest BCUT2D eigenvalue weighted by molar-refractivity contribution is 0.641. The number of halogens is 1. The molecule has 74 valence electrons. The van der Waals surface area contributed by atoms with Crippen LogP contribution in [0.5, 0.6) is 0 Å². The van der Waals surface area contributed by atoms with Crippen molar-refractivity contribution in [2.45, 2.75) is 19.5 Å². The Bertz CT molecular complexity index is 379. The highest BCUT2D eigenvalue weighted by Gasteiger charge is 2.25. The van der Waals surface area contributed by atoms with Gasteiger partial charge in [0.2, 0.25) is 0 Å². The molecule has 0 radical (unpaired) electrons. The van der Waals surface area contributed by atoms with Crippen molar-refractivity contribution in [2.24, 2.45) is 0 Å². The van der Waals surface area contributed by atoms with E-state index in [4.69, 9.17) is 0 Å². The summed E-state index contributed by atoms with van der Waals surface area (Å²) in [4.78, 5) is 4.45. The van der Waals surface area contributed by atoms with Crippen LogP contribution in [0.1, 0.15) is 16.8 Å². The summed E-state index contributed by atoms with van der Waals surface area (Å²) in [6.07, 6.45) is 3.08. The third-order valence-electron chi connectivity index (χ3n) is 2.77. The second-order valence-electron chi connectivity index (χ2n) is 3.60. The van der Waals surface area contributed by atoms with Gasteiger partial charge in [-0.3, -0.25) is 4.98 Å². The van der Waals surface area contributed by atoms with Crippen molar-refractivity contribution < 1.29 is 0 Å². The first-order valence-corrected chi connectivity index (χ1v) is 5.47. The monoisotopic (exact) mass is 254 g/mol.